The second kappa shape index (κ2) is 31.7. The summed E-state index contributed by atoms with van der Waals surface area (Å²) in [5, 5.41) is 0. The van der Waals surface area contributed by atoms with E-state index in [2.05, 4.69) is 67.4 Å². The predicted molar refractivity (Wildman–Crippen MR) is 249 cm³/mol. The molecule has 0 amide bonds. The number of unbranched alkanes of at least 4 members (excludes halogenated alkanes) is 18. The Morgan fingerprint density at radius 3 is 1.47 bits per heavy atom. The van der Waals surface area contributed by atoms with Crippen LogP contribution in [-0.4, -0.2) is 67.2 Å². The molecule has 3 N–H and O–H groups in total. The molecule has 8 nitrogen and oxygen atoms in total. The SMILES string of the molecule is CCCCC/C=C\C/C=C\CCCCCCCCC1(CCCCCCCC/C=C\C/C=C\CCCCC)CC2(C1)O[C@H]1CC(N(C)CCOP(=O)(O)OCCN)C[C@H]1O2. The fourth-order valence-electron chi connectivity index (χ4n) is 9.52. The van der Waals surface area contributed by atoms with Gasteiger partial charge in [0, 0.05) is 32.0 Å². The van der Waals surface area contributed by atoms with Crippen LogP contribution in [0, 0.1) is 5.41 Å². The van der Waals surface area contributed by atoms with Crippen LogP contribution in [-0.2, 0) is 23.1 Å². The van der Waals surface area contributed by atoms with Crippen molar-refractivity contribution in [2.24, 2.45) is 11.1 Å². The third-order valence-electron chi connectivity index (χ3n) is 13.0. The highest BCUT2D eigenvalue weighted by molar-refractivity contribution is 7.47. The van der Waals surface area contributed by atoms with E-state index in [9.17, 15) is 9.46 Å². The summed E-state index contributed by atoms with van der Waals surface area (Å²) in [5.41, 5.74) is 5.74. The van der Waals surface area contributed by atoms with Crippen LogP contribution >= 0.6 is 7.82 Å². The number of nitrogens with two attached hydrogens (primary N) is 1. The standard InChI is InChI=1S/C50H91N2O6P/c1-4-6-8-10-12-14-16-18-20-22-24-26-28-30-32-34-36-49(37-35-33-31-29-27-25-23-21-19-17-15-13-11-9-7-5-2)44-50(45-49)57-47-42-46(43-48(47)58-50)52(3)39-41-56-59(53,54)55-40-38-51/h12-15,18-21,46-48H,4-11,16-17,22-45,51H2,1-3H3,(H,53,54)/b14-12-,15-13-,20-18-,21-19-/t46?,47-,48+. The van der Waals surface area contributed by atoms with Crippen LogP contribution in [0.5, 0.6) is 0 Å². The van der Waals surface area contributed by atoms with E-state index in [4.69, 9.17) is 24.3 Å². The molecule has 0 aromatic heterocycles. The van der Waals surface area contributed by atoms with Crippen molar-refractivity contribution in [2.75, 3.05) is 33.4 Å². The zero-order chi connectivity index (χ0) is 42.3. The van der Waals surface area contributed by atoms with Gasteiger partial charge in [-0.2, -0.15) is 0 Å². The molecule has 1 spiro atoms. The van der Waals surface area contributed by atoms with Crippen LogP contribution in [0.1, 0.15) is 206 Å². The summed E-state index contributed by atoms with van der Waals surface area (Å²) in [7, 11) is -2.01. The Morgan fingerprint density at radius 2 is 1.03 bits per heavy atom. The second-order valence-electron chi connectivity index (χ2n) is 18.3. The van der Waals surface area contributed by atoms with Gasteiger partial charge in [-0.25, -0.2) is 4.57 Å². The van der Waals surface area contributed by atoms with Crippen LogP contribution in [0.15, 0.2) is 48.6 Å². The van der Waals surface area contributed by atoms with Crippen LogP contribution in [0.4, 0.5) is 0 Å². The van der Waals surface area contributed by atoms with E-state index in [1.54, 1.807) is 0 Å². The van der Waals surface area contributed by atoms with Gasteiger partial charge in [-0.05, 0) is 102 Å². The van der Waals surface area contributed by atoms with Gasteiger partial charge >= 0.3 is 7.82 Å². The molecule has 0 bridgehead atoms. The fourth-order valence-corrected chi connectivity index (χ4v) is 10.2. The molecule has 342 valence electrons. The van der Waals surface area contributed by atoms with E-state index < -0.39 is 7.82 Å². The number of phosphoric acid groups is 1. The minimum absolute atomic E-state index is 0.000197. The van der Waals surface area contributed by atoms with Crippen LogP contribution in [0.2, 0.25) is 0 Å². The number of fused-ring (bicyclic) bond motifs is 1. The average molecular weight is 847 g/mol. The van der Waals surface area contributed by atoms with Crippen LogP contribution < -0.4 is 5.73 Å². The van der Waals surface area contributed by atoms with E-state index in [-0.39, 0.29) is 37.8 Å². The lowest BCUT2D eigenvalue weighted by atomic mass is 9.59. The Bertz CT molecular complexity index is 1150. The van der Waals surface area contributed by atoms with Crippen molar-refractivity contribution < 1.29 is 28.0 Å². The Balaban J connectivity index is 1.33. The van der Waals surface area contributed by atoms with Crippen molar-refractivity contribution >= 4 is 7.82 Å². The molecule has 2 aliphatic carbocycles. The Kier molecular flexibility index (Phi) is 28.1. The van der Waals surface area contributed by atoms with Crippen molar-refractivity contribution in [1.82, 2.24) is 4.90 Å². The van der Waals surface area contributed by atoms with E-state index in [0.717, 1.165) is 38.5 Å². The highest BCUT2D eigenvalue weighted by atomic mass is 31.2. The number of hydrogen-bond donors (Lipinski definition) is 2. The monoisotopic (exact) mass is 847 g/mol. The average Bonchev–Trinajstić information content (AvgIpc) is 3.76. The summed E-state index contributed by atoms with van der Waals surface area (Å²) in [6.07, 6.45) is 56.7. The number of likely N-dealkylation sites (N-methyl/N-ethyl adjacent to an activating group) is 1. The van der Waals surface area contributed by atoms with Crippen molar-refractivity contribution in [3.8, 4) is 0 Å². The molecule has 9 heteroatoms. The third kappa shape index (κ3) is 22.7. The smallest absolute Gasteiger partial charge is 0.344 e. The number of allylic oxidation sites excluding steroid dienone is 8. The van der Waals surface area contributed by atoms with Gasteiger partial charge in [-0.1, -0.05) is 152 Å². The molecular weight excluding hydrogens is 756 g/mol. The van der Waals surface area contributed by atoms with Crippen molar-refractivity contribution in [2.45, 2.75) is 231 Å². The molecule has 3 aliphatic rings. The van der Waals surface area contributed by atoms with Crippen LogP contribution in [0.25, 0.3) is 0 Å². The molecule has 3 fully saturated rings. The fraction of sp³-hybridized carbons (Fsp3) is 0.840. The lowest BCUT2D eigenvalue weighted by Gasteiger charge is -2.54. The topological polar surface area (TPSA) is 103 Å². The Hall–Kier alpha value is -1.09. The van der Waals surface area contributed by atoms with Crippen LogP contribution in [0.3, 0.4) is 0 Å². The summed E-state index contributed by atoms with van der Waals surface area (Å²) in [5.74, 6) is -0.386. The first kappa shape index (κ1) is 52.3. The second-order valence-corrected chi connectivity index (χ2v) is 19.7. The van der Waals surface area contributed by atoms with Crippen molar-refractivity contribution in [3.05, 3.63) is 48.6 Å². The molecule has 2 unspecified atom stereocenters. The van der Waals surface area contributed by atoms with Gasteiger partial charge in [0.05, 0.1) is 25.4 Å². The summed E-state index contributed by atoms with van der Waals surface area (Å²) < 4.78 is 35.6. The van der Waals surface area contributed by atoms with E-state index in [0.29, 0.717) is 18.0 Å². The minimum atomic E-state index is -4.06. The van der Waals surface area contributed by atoms with Gasteiger partial charge in [-0.3, -0.25) is 9.05 Å². The van der Waals surface area contributed by atoms with Gasteiger partial charge in [0.15, 0.2) is 5.79 Å². The highest BCUT2D eigenvalue weighted by Gasteiger charge is 2.63. The molecule has 0 aromatic rings. The lowest BCUT2D eigenvalue weighted by Crippen LogP contribution is -2.53. The molecule has 2 saturated carbocycles. The predicted octanol–water partition coefficient (Wildman–Crippen LogP) is 13.8. The molecule has 3 rings (SSSR count). The van der Waals surface area contributed by atoms with Crippen molar-refractivity contribution in [3.63, 3.8) is 0 Å². The first-order valence-corrected chi connectivity index (χ1v) is 26.2. The van der Waals surface area contributed by atoms with Gasteiger partial charge in [-0.15, -0.1) is 0 Å². The molecule has 0 radical (unpaired) electrons. The number of nitrogens with zero attached hydrogens (tertiary/aromatic N) is 1. The molecule has 1 aliphatic heterocycles. The maximum Gasteiger partial charge on any atom is 0.472 e. The largest absolute Gasteiger partial charge is 0.472 e. The lowest BCUT2D eigenvalue weighted by molar-refractivity contribution is -0.281. The van der Waals surface area contributed by atoms with Gasteiger partial charge in [0.2, 0.25) is 0 Å². The maximum absolute atomic E-state index is 12.0. The van der Waals surface area contributed by atoms with E-state index in [1.165, 1.54) is 154 Å². The maximum atomic E-state index is 12.0. The zero-order valence-corrected chi connectivity index (χ0v) is 39.2. The first-order chi connectivity index (χ1) is 28.8. The number of rotatable bonds is 38. The number of hydrogen-bond acceptors (Lipinski definition) is 7. The Morgan fingerprint density at radius 1 is 0.627 bits per heavy atom. The molecular formula is C50H91N2O6P. The zero-order valence-electron chi connectivity index (χ0n) is 38.4. The molecule has 0 aromatic carbocycles. The first-order valence-electron chi connectivity index (χ1n) is 24.7. The summed E-state index contributed by atoms with van der Waals surface area (Å²) >= 11 is 0. The number of ether oxygens (including phenoxy) is 2. The minimum Gasteiger partial charge on any atom is -0.344 e. The van der Waals surface area contributed by atoms with Gasteiger partial charge in [0.25, 0.3) is 0 Å². The van der Waals surface area contributed by atoms with Crippen molar-refractivity contribution in [1.29, 1.82) is 0 Å². The summed E-state index contributed by atoms with van der Waals surface area (Å²) in [4.78, 5) is 12.0. The summed E-state index contributed by atoms with van der Waals surface area (Å²) in [6, 6.07) is 0.301. The third-order valence-corrected chi connectivity index (χ3v) is 14.0. The molecule has 1 heterocycles. The highest BCUT2D eigenvalue weighted by Crippen LogP contribution is 2.61. The van der Waals surface area contributed by atoms with Gasteiger partial charge in [0.1, 0.15) is 0 Å². The summed E-state index contributed by atoms with van der Waals surface area (Å²) in [6.45, 7) is 5.37. The number of phosphoric ester groups is 1. The van der Waals surface area contributed by atoms with Gasteiger partial charge < -0.3 is 25.0 Å². The van der Waals surface area contributed by atoms with E-state index >= 15 is 0 Å². The molecule has 59 heavy (non-hydrogen) atoms. The normalized spacial score (nSPS) is 22.2. The van der Waals surface area contributed by atoms with E-state index in [1.807, 2.05) is 7.05 Å². The Labute approximate surface area is 363 Å². The molecule has 4 atom stereocenters. The quantitative estimate of drug-likeness (QED) is 0.0360. The molecule has 1 saturated heterocycles.